The van der Waals surface area contributed by atoms with Crippen molar-refractivity contribution in [2.45, 2.75) is 24.9 Å². The Morgan fingerprint density at radius 1 is 1.03 bits per heavy atom. The zero-order valence-corrected chi connectivity index (χ0v) is 17.3. The fourth-order valence-electron chi connectivity index (χ4n) is 3.86. The summed E-state index contributed by atoms with van der Waals surface area (Å²) in [7, 11) is 0. The SMILES string of the molecule is O=C(N[C@@H]1CCCNC1=O)[C@H]1CN(C(=O)c2cccnc2)CCN1C(=O)c1cncnc1. The second-order valence-corrected chi connectivity index (χ2v) is 7.63. The zero-order valence-electron chi connectivity index (χ0n) is 17.3. The van der Waals surface area contributed by atoms with Gasteiger partial charge in [-0.1, -0.05) is 0 Å². The molecule has 0 aromatic carbocycles. The average Bonchev–Trinajstić information content (AvgIpc) is 2.85. The van der Waals surface area contributed by atoms with E-state index < -0.39 is 23.9 Å². The molecule has 32 heavy (non-hydrogen) atoms. The van der Waals surface area contributed by atoms with E-state index >= 15 is 0 Å². The standard InChI is InChI=1S/C21H23N7O4/c29-18-16(4-2-6-25-18)26-19(30)17-12-27(20(31)14-3-1-5-22-9-14)7-8-28(17)21(32)15-10-23-13-24-11-15/h1,3,5,9-11,13,16-17H,2,4,6-8,12H2,(H,25,29)(H,26,30)/t16-,17-/m1/s1. The smallest absolute Gasteiger partial charge is 0.257 e. The first-order valence-corrected chi connectivity index (χ1v) is 10.4. The van der Waals surface area contributed by atoms with Crippen LogP contribution in [0, 0.1) is 0 Å². The molecule has 0 spiro atoms. The van der Waals surface area contributed by atoms with Gasteiger partial charge >= 0.3 is 0 Å². The highest BCUT2D eigenvalue weighted by Gasteiger charge is 2.39. The van der Waals surface area contributed by atoms with Gasteiger partial charge in [0.25, 0.3) is 11.8 Å². The van der Waals surface area contributed by atoms with Crippen LogP contribution in [0.15, 0.2) is 43.2 Å². The molecule has 2 atom stereocenters. The molecule has 0 saturated carbocycles. The maximum absolute atomic E-state index is 13.2. The molecule has 2 aromatic rings. The van der Waals surface area contributed by atoms with Crippen LogP contribution in [-0.2, 0) is 9.59 Å². The van der Waals surface area contributed by atoms with Crippen LogP contribution in [0.2, 0.25) is 0 Å². The van der Waals surface area contributed by atoms with E-state index in [9.17, 15) is 19.2 Å². The Labute approximate surface area is 184 Å². The number of hydrogen-bond acceptors (Lipinski definition) is 7. The second kappa shape index (κ2) is 9.50. The molecule has 4 amide bonds. The van der Waals surface area contributed by atoms with Crippen LogP contribution in [0.5, 0.6) is 0 Å². The summed E-state index contributed by atoms with van der Waals surface area (Å²) in [6.45, 7) is 0.962. The normalized spacial score (nSPS) is 20.9. The van der Waals surface area contributed by atoms with Gasteiger partial charge in [0.15, 0.2) is 0 Å². The van der Waals surface area contributed by atoms with E-state index in [2.05, 4.69) is 25.6 Å². The van der Waals surface area contributed by atoms with Crippen molar-refractivity contribution in [3.63, 3.8) is 0 Å². The van der Waals surface area contributed by atoms with Crippen molar-refractivity contribution in [3.8, 4) is 0 Å². The highest BCUT2D eigenvalue weighted by molar-refractivity contribution is 5.99. The van der Waals surface area contributed by atoms with Gasteiger partial charge in [0, 0.05) is 44.4 Å². The number of nitrogens with one attached hydrogen (secondary N) is 2. The summed E-state index contributed by atoms with van der Waals surface area (Å²) in [5.41, 5.74) is 0.641. The lowest BCUT2D eigenvalue weighted by atomic mass is 10.0. The molecule has 4 heterocycles. The number of rotatable bonds is 4. The van der Waals surface area contributed by atoms with Crippen molar-refractivity contribution in [2.75, 3.05) is 26.2 Å². The summed E-state index contributed by atoms with van der Waals surface area (Å²) in [5, 5.41) is 5.47. The molecular weight excluding hydrogens is 414 g/mol. The first-order chi connectivity index (χ1) is 15.5. The number of carbonyl (C=O) groups is 4. The van der Waals surface area contributed by atoms with Crippen LogP contribution in [0.1, 0.15) is 33.6 Å². The van der Waals surface area contributed by atoms with E-state index in [1.54, 1.807) is 18.3 Å². The fraction of sp³-hybridized carbons (Fsp3) is 0.381. The van der Waals surface area contributed by atoms with E-state index in [1.165, 1.54) is 34.7 Å². The maximum Gasteiger partial charge on any atom is 0.257 e. The average molecular weight is 437 g/mol. The van der Waals surface area contributed by atoms with Crippen LogP contribution in [0.25, 0.3) is 0 Å². The van der Waals surface area contributed by atoms with Crippen LogP contribution in [-0.4, -0.2) is 86.6 Å². The predicted molar refractivity (Wildman–Crippen MR) is 111 cm³/mol. The molecule has 166 valence electrons. The largest absolute Gasteiger partial charge is 0.354 e. The minimum Gasteiger partial charge on any atom is -0.354 e. The molecule has 2 N–H and O–H groups in total. The number of amides is 4. The van der Waals surface area contributed by atoms with Crippen LogP contribution < -0.4 is 10.6 Å². The topological polar surface area (TPSA) is 137 Å². The minimum atomic E-state index is -0.966. The Morgan fingerprint density at radius 2 is 1.81 bits per heavy atom. The van der Waals surface area contributed by atoms with Crippen molar-refractivity contribution in [1.29, 1.82) is 0 Å². The molecule has 2 aliphatic rings. The van der Waals surface area contributed by atoms with Gasteiger partial charge in [-0.05, 0) is 25.0 Å². The molecule has 0 unspecified atom stereocenters. The van der Waals surface area contributed by atoms with Crippen molar-refractivity contribution < 1.29 is 19.2 Å². The van der Waals surface area contributed by atoms with Crippen molar-refractivity contribution in [2.24, 2.45) is 0 Å². The lowest BCUT2D eigenvalue weighted by Crippen LogP contribution is -2.63. The summed E-state index contributed by atoms with van der Waals surface area (Å²) >= 11 is 0. The summed E-state index contributed by atoms with van der Waals surface area (Å²) in [6.07, 6.45) is 8.37. The molecule has 11 heteroatoms. The van der Waals surface area contributed by atoms with Crippen LogP contribution >= 0.6 is 0 Å². The van der Waals surface area contributed by atoms with Crippen molar-refractivity contribution >= 4 is 23.6 Å². The van der Waals surface area contributed by atoms with Crippen molar-refractivity contribution in [3.05, 3.63) is 54.4 Å². The summed E-state index contributed by atoms with van der Waals surface area (Å²) in [5.74, 6) is -1.42. The Hall–Kier alpha value is -3.89. The lowest BCUT2D eigenvalue weighted by molar-refractivity contribution is -0.133. The van der Waals surface area contributed by atoms with Crippen molar-refractivity contribution in [1.82, 2.24) is 35.4 Å². The highest BCUT2D eigenvalue weighted by Crippen LogP contribution is 2.17. The van der Waals surface area contributed by atoms with E-state index in [-0.39, 0.29) is 37.0 Å². The Balaban J connectivity index is 1.56. The Kier molecular flexibility index (Phi) is 6.34. The first-order valence-electron chi connectivity index (χ1n) is 10.4. The van der Waals surface area contributed by atoms with Gasteiger partial charge in [-0.25, -0.2) is 9.97 Å². The van der Waals surface area contributed by atoms with E-state index in [4.69, 9.17) is 0 Å². The monoisotopic (exact) mass is 437 g/mol. The minimum absolute atomic E-state index is 0.00662. The molecule has 4 rings (SSSR count). The molecule has 2 saturated heterocycles. The molecule has 2 aliphatic heterocycles. The number of piperidine rings is 1. The molecule has 2 fully saturated rings. The number of piperazine rings is 1. The summed E-state index contributed by atoms with van der Waals surface area (Å²) in [4.78, 5) is 66.0. The summed E-state index contributed by atoms with van der Waals surface area (Å²) < 4.78 is 0. The number of aromatic nitrogens is 3. The molecule has 11 nitrogen and oxygen atoms in total. The van der Waals surface area contributed by atoms with Gasteiger partial charge in [-0.15, -0.1) is 0 Å². The third-order valence-electron chi connectivity index (χ3n) is 5.55. The van der Waals surface area contributed by atoms with E-state index in [0.717, 1.165) is 6.42 Å². The van der Waals surface area contributed by atoms with Gasteiger partial charge < -0.3 is 20.4 Å². The molecule has 0 bridgehead atoms. The molecule has 0 aliphatic carbocycles. The Bertz CT molecular complexity index is 1000. The molecule has 2 aromatic heterocycles. The van der Waals surface area contributed by atoms with Crippen LogP contribution in [0.3, 0.4) is 0 Å². The quantitative estimate of drug-likeness (QED) is 0.641. The summed E-state index contributed by atoms with van der Waals surface area (Å²) in [6, 6.07) is 1.67. The van der Waals surface area contributed by atoms with E-state index in [0.29, 0.717) is 18.5 Å². The van der Waals surface area contributed by atoms with Gasteiger partial charge in [0.2, 0.25) is 11.8 Å². The lowest BCUT2D eigenvalue weighted by Gasteiger charge is -2.41. The van der Waals surface area contributed by atoms with E-state index in [1.807, 2.05) is 0 Å². The number of carbonyl (C=O) groups excluding carboxylic acids is 4. The maximum atomic E-state index is 13.2. The molecule has 0 radical (unpaired) electrons. The third kappa shape index (κ3) is 4.56. The first kappa shape index (κ1) is 21.3. The van der Waals surface area contributed by atoms with Gasteiger partial charge in [0.05, 0.1) is 17.7 Å². The second-order valence-electron chi connectivity index (χ2n) is 7.63. The third-order valence-corrected chi connectivity index (χ3v) is 5.55. The van der Waals surface area contributed by atoms with Gasteiger partial charge in [-0.3, -0.25) is 24.2 Å². The van der Waals surface area contributed by atoms with Crippen LogP contribution in [0.4, 0.5) is 0 Å². The number of pyridine rings is 1. The Morgan fingerprint density at radius 3 is 2.53 bits per heavy atom. The zero-order chi connectivity index (χ0) is 22.5. The highest BCUT2D eigenvalue weighted by atomic mass is 16.2. The number of hydrogen-bond donors (Lipinski definition) is 2. The predicted octanol–water partition coefficient (Wildman–Crippen LogP) is -0.767. The van der Waals surface area contributed by atoms with Gasteiger partial charge in [0.1, 0.15) is 18.4 Å². The number of nitrogens with zero attached hydrogens (tertiary/aromatic N) is 5. The fourth-order valence-corrected chi connectivity index (χ4v) is 3.86. The van der Waals surface area contributed by atoms with Gasteiger partial charge in [-0.2, -0.15) is 0 Å². The molecular formula is C21H23N7O4.